The molecule has 2 atom stereocenters. The van der Waals surface area contributed by atoms with Gasteiger partial charge in [0.1, 0.15) is 11.9 Å². The highest BCUT2D eigenvalue weighted by Crippen LogP contribution is 2.20. The molecule has 0 aliphatic heterocycles. The first kappa shape index (κ1) is 27.5. The molecule has 0 radical (unpaired) electrons. The highest BCUT2D eigenvalue weighted by atomic mass is 32.2. The first-order valence-electron chi connectivity index (χ1n) is 12.4. The van der Waals surface area contributed by atoms with Crippen LogP contribution in [0.15, 0.2) is 78.9 Å². The lowest BCUT2D eigenvalue weighted by molar-refractivity contribution is -0.139. The topological polar surface area (TPSA) is 49.4 Å². The summed E-state index contributed by atoms with van der Waals surface area (Å²) in [7, 11) is 0. The quantitative estimate of drug-likeness (QED) is 0.332. The van der Waals surface area contributed by atoms with E-state index in [0.29, 0.717) is 24.3 Å². The van der Waals surface area contributed by atoms with Gasteiger partial charge in [-0.15, -0.1) is 11.8 Å². The van der Waals surface area contributed by atoms with Crippen LogP contribution in [0.4, 0.5) is 4.39 Å². The van der Waals surface area contributed by atoms with E-state index in [1.807, 2.05) is 75.4 Å². The van der Waals surface area contributed by atoms with E-state index in [0.717, 1.165) is 23.1 Å². The summed E-state index contributed by atoms with van der Waals surface area (Å²) in [5.41, 5.74) is 3.65. The fourth-order valence-electron chi connectivity index (χ4n) is 3.83. The minimum Gasteiger partial charge on any atom is -0.352 e. The maximum absolute atomic E-state index is 14.1. The molecule has 0 aliphatic rings. The lowest BCUT2D eigenvalue weighted by Crippen LogP contribution is -2.52. The Hall–Kier alpha value is -3.12. The molecule has 6 heteroatoms. The van der Waals surface area contributed by atoms with E-state index in [1.54, 1.807) is 23.1 Å². The van der Waals surface area contributed by atoms with E-state index in [2.05, 4.69) is 5.32 Å². The van der Waals surface area contributed by atoms with Crippen molar-refractivity contribution >= 4 is 23.6 Å². The molecule has 0 heterocycles. The molecule has 3 aromatic rings. The highest BCUT2D eigenvalue weighted by molar-refractivity contribution is 7.99. The number of halogens is 1. The van der Waals surface area contributed by atoms with Crippen molar-refractivity contribution in [1.82, 2.24) is 10.2 Å². The zero-order valence-corrected chi connectivity index (χ0v) is 22.1. The Kier molecular flexibility index (Phi) is 10.6. The van der Waals surface area contributed by atoms with E-state index >= 15 is 0 Å². The van der Waals surface area contributed by atoms with Crippen molar-refractivity contribution < 1.29 is 14.0 Å². The zero-order chi connectivity index (χ0) is 25.9. The first-order chi connectivity index (χ1) is 17.4. The predicted octanol–water partition coefficient (Wildman–Crippen LogP) is 5.92. The number of rotatable bonds is 12. The number of hydrogen-bond acceptors (Lipinski definition) is 3. The van der Waals surface area contributed by atoms with E-state index in [9.17, 15) is 14.0 Å². The van der Waals surface area contributed by atoms with Gasteiger partial charge in [-0.2, -0.15) is 0 Å². The van der Waals surface area contributed by atoms with Gasteiger partial charge in [0.2, 0.25) is 11.8 Å². The lowest BCUT2D eigenvalue weighted by atomic mass is 10.0. The summed E-state index contributed by atoms with van der Waals surface area (Å²) in [5.74, 6) is -0.0323. The molecule has 0 bridgehead atoms. The van der Waals surface area contributed by atoms with E-state index in [-0.39, 0.29) is 29.4 Å². The molecule has 36 heavy (non-hydrogen) atoms. The van der Waals surface area contributed by atoms with Crippen LogP contribution in [0.1, 0.15) is 42.5 Å². The Morgan fingerprint density at radius 3 is 2.28 bits per heavy atom. The molecule has 2 amide bonds. The van der Waals surface area contributed by atoms with Crippen molar-refractivity contribution in [1.29, 1.82) is 0 Å². The Morgan fingerprint density at radius 1 is 0.944 bits per heavy atom. The molecule has 3 rings (SSSR count). The fraction of sp³-hybridized carbons (Fsp3) is 0.333. The molecule has 4 nitrogen and oxygen atoms in total. The van der Waals surface area contributed by atoms with E-state index < -0.39 is 6.04 Å². The molecule has 0 saturated carbocycles. The number of thioether (sulfide) groups is 1. The standard InChI is InChI=1S/C30H35FN2O2S/c1-4-23(3)32-30(35)28(18-24-10-6-5-7-11-24)33(19-25-16-14-22(2)15-17-25)29(34)21-36-20-26-12-8-9-13-27(26)31/h5-17,23,28H,4,18-21H2,1-3H3,(H,32,35)/t23-,28+/m0/s1. The van der Waals surface area contributed by atoms with Crippen LogP contribution in [0.2, 0.25) is 0 Å². The molecule has 190 valence electrons. The second kappa shape index (κ2) is 13.8. The van der Waals surface area contributed by atoms with Crippen LogP contribution in [0.5, 0.6) is 0 Å². The van der Waals surface area contributed by atoms with E-state index in [4.69, 9.17) is 0 Å². The van der Waals surface area contributed by atoms with Crippen molar-refractivity contribution in [3.63, 3.8) is 0 Å². The second-order valence-corrected chi connectivity index (χ2v) is 10.1. The van der Waals surface area contributed by atoms with Gasteiger partial charge in [0, 0.05) is 24.8 Å². The number of amides is 2. The van der Waals surface area contributed by atoms with Crippen LogP contribution in [0.25, 0.3) is 0 Å². The Bertz CT molecular complexity index is 1120. The molecule has 0 unspecified atom stereocenters. The Morgan fingerprint density at radius 2 is 1.61 bits per heavy atom. The average molecular weight is 507 g/mol. The molecular weight excluding hydrogens is 471 g/mol. The van der Waals surface area contributed by atoms with Gasteiger partial charge >= 0.3 is 0 Å². The van der Waals surface area contributed by atoms with Gasteiger partial charge in [-0.05, 0) is 43.0 Å². The minimum absolute atomic E-state index is 0.00234. The highest BCUT2D eigenvalue weighted by Gasteiger charge is 2.30. The Balaban J connectivity index is 1.85. The van der Waals surface area contributed by atoms with Crippen molar-refractivity contribution in [2.45, 2.75) is 58.0 Å². The summed E-state index contributed by atoms with van der Waals surface area (Å²) in [6, 6.07) is 23.7. The van der Waals surface area contributed by atoms with Crippen LogP contribution >= 0.6 is 11.8 Å². The number of nitrogens with one attached hydrogen (secondary N) is 1. The lowest BCUT2D eigenvalue weighted by Gasteiger charge is -2.32. The maximum atomic E-state index is 14.1. The van der Waals surface area contributed by atoms with Crippen LogP contribution in [0.3, 0.4) is 0 Å². The van der Waals surface area contributed by atoms with Crippen molar-refractivity contribution in [3.8, 4) is 0 Å². The maximum Gasteiger partial charge on any atom is 0.243 e. The summed E-state index contributed by atoms with van der Waals surface area (Å²) >= 11 is 1.36. The molecule has 0 saturated heterocycles. The predicted molar refractivity (Wildman–Crippen MR) is 146 cm³/mol. The normalized spacial score (nSPS) is 12.6. The third-order valence-corrected chi connectivity index (χ3v) is 7.15. The number of aryl methyl sites for hydroxylation is 1. The van der Waals surface area contributed by atoms with Crippen molar-refractivity contribution in [2.75, 3.05) is 5.75 Å². The number of carbonyl (C=O) groups excluding carboxylic acids is 2. The molecule has 0 fully saturated rings. The number of benzene rings is 3. The van der Waals surface area contributed by atoms with Crippen molar-refractivity contribution in [2.24, 2.45) is 0 Å². The third-order valence-electron chi connectivity index (χ3n) is 6.19. The largest absolute Gasteiger partial charge is 0.352 e. The summed E-state index contributed by atoms with van der Waals surface area (Å²) < 4.78 is 14.1. The number of carbonyl (C=O) groups is 2. The van der Waals surface area contributed by atoms with E-state index in [1.165, 1.54) is 17.8 Å². The minimum atomic E-state index is -0.663. The monoisotopic (exact) mass is 506 g/mol. The van der Waals surface area contributed by atoms with Gasteiger partial charge in [0.05, 0.1) is 5.75 Å². The summed E-state index contributed by atoms with van der Waals surface area (Å²) in [6.07, 6.45) is 1.22. The van der Waals surface area contributed by atoms with Gasteiger partial charge in [-0.1, -0.05) is 85.3 Å². The summed E-state index contributed by atoms with van der Waals surface area (Å²) in [5, 5.41) is 3.08. The SMILES string of the molecule is CC[C@H](C)NC(=O)[C@@H](Cc1ccccc1)N(Cc1ccc(C)cc1)C(=O)CSCc1ccccc1F. The van der Waals surface area contributed by atoms with Crippen LogP contribution in [-0.2, 0) is 28.3 Å². The van der Waals surface area contributed by atoms with Crippen LogP contribution in [0, 0.1) is 12.7 Å². The van der Waals surface area contributed by atoms with Gasteiger partial charge < -0.3 is 10.2 Å². The summed E-state index contributed by atoms with van der Waals surface area (Å²) in [4.78, 5) is 28.8. The van der Waals surface area contributed by atoms with Gasteiger partial charge in [0.25, 0.3) is 0 Å². The third kappa shape index (κ3) is 8.23. The second-order valence-electron chi connectivity index (χ2n) is 9.11. The smallest absolute Gasteiger partial charge is 0.243 e. The van der Waals surface area contributed by atoms with Crippen molar-refractivity contribution in [3.05, 3.63) is 107 Å². The zero-order valence-electron chi connectivity index (χ0n) is 21.2. The summed E-state index contributed by atoms with van der Waals surface area (Å²) in [6.45, 7) is 6.33. The molecule has 0 spiro atoms. The molecule has 3 aromatic carbocycles. The van der Waals surface area contributed by atoms with Gasteiger partial charge in [-0.25, -0.2) is 4.39 Å². The first-order valence-corrected chi connectivity index (χ1v) is 13.5. The fourth-order valence-corrected chi connectivity index (χ4v) is 4.73. The molecule has 0 aromatic heterocycles. The molecule has 1 N–H and O–H groups in total. The molecule has 0 aliphatic carbocycles. The van der Waals surface area contributed by atoms with Gasteiger partial charge in [-0.3, -0.25) is 9.59 Å². The van der Waals surface area contributed by atoms with Gasteiger partial charge in [0.15, 0.2) is 0 Å². The number of nitrogens with zero attached hydrogens (tertiary/aromatic N) is 1. The Labute approximate surface area is 218 Å². The van der Waals surface area contributed by atoms with Crippen LogP contribution in [-0.4, -0.2) is 34.6 Å². The molecular formula is C30H35FN2O2S. The van der Waals surface area contributed by atoms with Crippen LogP contribution < -0.4 is 5.32 Å². The number of hydrogen-bond donors (Lipinski definition) is 1. The average Bonchev–Trinajstić information content (AvgIpc) is 2.88.